The van der Waals surface area contributed by atoms with E-state index in [1.165, 1.54) is 12.1 Å². The lowest BCUT2D eigenvalue weighted by Gasteiger charge is -2.17. The highest BCUT2D eigenvalue weighted by Gasteiger charge is 2.39. The first-order valence-corrected chi connectivity index (χ1v) is 12.1. The van der Waals surface area contributed by atoms with Crippen LogP contribution in [0.5, 0.6) is 0 Å². The number of halogens is 5. The molecular formula is C24H14F5N3O4S. The van der Waals surface area contributed by atoms with E-state index < -0.39 is 74.4 Å². The van der Waals surface area contributed by atoms with Gasteiger partial charge in [0.1, 0.15) is 10.7 Å². The van der Waals surface area contributed by atoms with Crippen molar-refractivity contribution in [2.45, 2.75) is 17.5 Å². The predicted molar refractivity (Wildman–Crippen MR) is 119 cm³/mol. The van der Waals surface area contributed by atoms with Crippen LogP contribution in [0.1, 0.15) is 32.1 Å². The van der Waals surface area contributed by atoms with Crippen molar-refractivity contribution in [2.24, 2.45) is 0 Å². The molecule has 13 heteroatoms. The molecule has 0 N–H and O–H groups in total. The van der Waals surface area contributed by atoms with Gasteiger partial charge in [0, 0.05) is 25.1 Å². The molecule has 0 unspecified atom stereocenters. The summed E-state index contributed by atoms with van der Waals surface area (Å²) in [5.41, 5.74) is -2.04. The van der Waals surface area contributed by atoms with Crippen LogP contribution in [0.4, 0.5) is 22.0 Å². The van der Waals surface area contributed by atoms with Crippen molar-refractivity contribution in [3.63, 3.8) is 0 Å². The van der Waals surface area contributed by atoms with Gasteiger partial charge in [-0.3, -0.25) is 14.5 Å². The van der Waals surface area contributed by atoms with Crippen molar-refractivity contribution >= 4 is 32.9 Å². The number of rotatable bonds is 5. The maximum atomic E-state index is 14.1. The molecule has 0 spiro atoms. The minimum absolute atomic E-state index is 0.136. The van der Waals surface area contributed by atoms with Gasteiger partial charge in [0.15, 0.2) is 11.6 Å². The summed E-state index contributed by atoms with van der Waals surface area (Å²) in [7, 11) is -5.07. The fourth-order valence-electron chi connectivity index (χ4n) is 4.21. The molecular weight excluding hydrogens is 521 g/mol. The number of carbonyl (C=O) groups excluding carboxylic acids is 2. The molecule has 0 bridgehead atoms. The van der Waals surface area contributed by atoms with E-state index in [0.29, 0.717) is 22.2 Å². The number of hydrogen-bond acceptors (Lipinski definition) is 5. The van der Waals surface area contributed by atoms with Gasteiger partial charge in [0.05, 0.1) is 27.7 Å². The number of alkyl halides is 3. The van der Waals surface area contributed by atoms with Crippen LogP contribution in [0.15, 0.2) is 65.6 Å². The quantitative estimate of drug-likeness (QED) is 0.279. The molecule has 37 heavy (non-hydrogen) atoms. The summed E-state index contributed by atoms with van der Waals surface area (Å²) < 4.78 is 96.4. The second kappa shape index (κ2) is 8.47. The summed E-state index contributed by atoms with van der Waals surface area (Å²) in [6.07, 6.45) is -5.48. The molecule has 5 rings (SSSR count). The fourth-order valence-corrected chi connectivity index (χ4v) is 5.93. The van der Waals surface area contributed by atoms with Crippen molar-refractivity contribution in [1.82, 2.24) is 13.9 Å². The molecule has 1 aliphatic rings. The van der Waals surface area contributed by atoms with Crippen LogP contribution in [0, 0.1) is 11.6 Å². The lowest BCUT2D eigenvalue weighted by atomic mass is 10.1. The van der Waals surface area contributed by atoms with Crippen LogP contribution in [-0.4, -0.2) is 40.6 Å². The Morgan fingerprint density at radius 1 is 0.838 bits per heavy atom. The Bertz CT molecular complexity index is 1680. The van der Waals surface area contributed by atoms with E-state index in [2.05, 4.69) is 4.98 Å². The number of nitrogens with zero attached hydrogens (tertiary/aromatic N) is 3. The summed E-state index contributed by atoms with van der Waals surface area (Å²) in [5, 5.41) is 0. The number of hydrogen-bond donors (Lipinski definition) is 0. The number of amides is 2. The lowest BCUT2D eigenvalue weighted by molar-refractivity contribution is -0.139. The van der Waals surface area contributed by atoms with Gasteiger partial charge in [-0.2, -0.15) is 13.2 Å². The standard InChI is InChI=1S/C24H14F5N3O4S/c25-16-11-18-19(12-17(16)26)32(37(35,36)20-8-4-3-7-15(20)24(27,28)29)21(30-18)9-10-31-22(33)13-5-1-2-6-14(13)23(31)34/h1-8,11-12H,9-10H2. The number of imide groups is 1. The van der Waals surface area contributed by atoms with Gasteiger partial charge in [-0.05, 0) is 24.3 Å². The summed E-state index contributed by atoms with van der Waals surface area (Å²) in [6, 6.07) is 10.5. The van der Waals surface area contributed by atoms with Crippen molar-refractivity contribution in [3.05, 3.63) is 94.8 Å². The Labute approximate surface area is 205 Å². The molecule has 0 fully saturated rings. The van der Waals surface area contributed by atoms with Gasteiger partial charge in [0.25, 0.3) is 21.8 Å². The first-order chi connectivity index (χ1) is 17.4. The maximum Gasteiger partial charge on any atom is 0.417 e. The molecule has 0 saturated carbocycles. The van der Waals surface area contributed by atoms with Crippen molar-refractivity contribution in [2.75, 3.05) is 6.54 Å². The maximum absolute atomic E-state index is 14.1. The molecule has 4 aromatic rings. The molecule has 190 valence electrons. The zero-order valence-corrected chi connectivity index (χ0v) is 19.3. The molecule has 7 nitrogen and oxygen atoms in total. The Morgan fingerprint density at radius 3 is 2.03 bits per heavy atom. The Morgan fingerprint density at radius 2 is 1.41 bits per heavy atom. The van der Waals surface area contributed by atoms with Crippen LogP contribution in [0.25, 0.3) is 11.0 Å². The molecule has 2 heterocycles. The van der Waals surface area contributed by atoms with Gasteiger partial charge >= 0.3 is 6.18 Å². The molecule has 0 radical (unpaired) electrons. The van der Waals surface area contributed by atoms with Crippen LogP contribution >= 0.6 is 0 Å². The summed E-state index contributed by atoms with van der Waals surface area (Å²) in [6.45, 7) is -0.392. The first-order valence-electron chi connectivity index (χ1n) is 10.6. The van der Waals surface area contributed by atoms with E-state index >= 15 is 0 Å². The smallest absolute Gasteiger partial charge is 0.274 e. The Balaban J connectivity index is 1.63. The van der Waals surface area contributed by atoms with Crippen molar-refractivity contribution < 1.29 is 40.0 Å². The minimum atomic E-state index is -5.07. The lowest BCUT2D eigenvalue weighted by Crippen LogP contribution is -2.32. The molecule has 1 aromatic heterocycles. The normalized spacial score (nSPS) is 14.0. The second-order valence-electron chi connectivity index (χ2n) is 8.10. The third kappa shape index (κ3) is 3.95. The van der Waals surface area contributed by atoms with Crippen LogP contribution in [0.2, 0.25) is 0 Å². The first kappa shape index (κ1) is 24.6. The highest BCUT2D eigenvalue weighted by molar-refractivity contribution is 7.90. The summed E-state index contributed by atoms with van der Waals surface area (Å²) >= 11 is 0. The van der Waals surface area contributed by atoms with Gasteiger partial charge in [-0.25, -0.2) is 26.2 Å². The molecule has 0 saturated heterocycles. The predicted octanol–water partition coefficient (Wildman–Crippen LogP) is 4.41. The number of benzene rings is 3. The van der Waals surface area contributed by atoms with E-state index in [-0.39, 0.29) is 16.6 Å². The highest BCUT2D eigenvalue weighted by Crippen LogP contribution is 2.36. The number of fused-ring (bicyclic) bond motifs is 2. The average Bonchev–Trinajstić information content (AvgIpc) is 3.32. The van der Waals surface area contributed by atoms with Crippen LogP contribution < -0.4 is 0 Å². The topological polar surface area (TPSA) is 89.3 Å². The average molecular weight is 535 g/mol. The van der Waals surface area contributed by atoms with Gasteiger partial charge < -0.3 is 0 Å². The Kier molecular flexibility index (Phi) is 5.62. The largest absolute Gasteiger partial charge is 0.417 e. The summed E-state index contributed by atoms with van der Waals surface area (Å²) in [4.78, 5) is 29.1. The third-order valence-corrected chi connectivity index (χ3v) is 7.67. The monoisotopic (exact) mass is 535 g/mol. The summed E-state index contributed by atoms with van der Waals surface area (Å²) in [5.74, 6) is -4.51. The zero-order chi connectivity index (χ0) is 26.7. The second-order valence-corrected chi connectivity index (χ2v) is 9.86. The van der Waals surface area contributed by atoms with E-state index in [1.54, 1.807) is 12.1 Å². The van der Waals surface area contributed by atoms with Crippen molar-refractivity contribution in [3.8, 4) is 0 Å². The van der Waals surface area contributed by atoms with Gasteiger partial charge in [0.2, 0.25) is 0 Å². The number of aromatic nitrogens is 2. The van der Waals surface area contributed by atoms with Crippen molar-refractivity contribution in [1.29, 1.82) is 0 Å². The molecule has 0 aliphatic carbocycles. The SMILES string of the molecule is O=C1c2ccccc2C(=O)N1CCc1nc2cc(F)c(F)cc2n1S(=O)(=O)c1ccccc1C(F)(F)F. The number of carbonyl (C=O) groups is 2. The molecule has 0 atom stereocenters. The van der Waals surface area contributed by atoms with E-state index in [9.17, 15) is 40.0 Å². The molecule has 2 amide bonds. The van der Waals surface area contributed by atoms with E-state index in [0.717, 1.165) is 23.1 Å². The van der Waals surface area contributed by atoms with Crippen LogP contribution in [-0.2, 0) is 22.6 Å². The Hall–Kier alpha value is -4.13. The van der Waals surface area contributed by atoms with Gasteiger partial charge in [-0.15, -0.1) is 0 Å². The highest BCUT2D eigenvalue weighted by atomic mass is 32.2. The molecule has 1 aliphatic heterocycles. The van der Waals surface area contributed by atoms with E-state index in [4.69, 9.17) is 0 Å². The number of imidazole rings is 1. The van der Waals surface area contributed by atoms with E-state index in [1.807, 2.05) is 0 Å². The van der Waals surface area contributed by atoms with Gasteiger partial charge in [-0.1, -0.05) is 24.3 Å². The fraction of sp³-hybridized carbons (Fsp3) is 0.125. The molecule has 3 aromatic carbocycles. The zero-order valence-electron chi connectivity index (χ0n) is 18.5. The van der Waals surface area contributed by atoms with Crippen LogP contribution in [0.3, 0.4) is 0 Å². The minimum Gasteiger partial charge on any atom is -0.274 e. The third-order valence-electron chi connectivity index (χ3n) is 5.87.